The highest BCUT2D eigenvalue weighted by atomic mass is 16.5. The number of nitrogens with one attached hydrogen (secondary N) is 2. The van der Waals surface area contributed by atoms with E-state index in [1.807, 2.05) is 24.4 Å². The molecule has 37 heavy (non-hydrogen) atoms. The molecule has 3 heterocycles. The van der Waals surface area contributed by atoms with Gasteiger partial charge in [-0.1, -0.05) is 25.5 Å². The van der Waals surface area contributed by atoms with Crippen molar-refractivity contribution in [3.8, 4) is 0 Å². The van der Waals surface area contributed by atoms with E-state index in [-0.39, 0.29) is 18.4 Å². The van der Waals surface area contributed by atoms with Crippen molar-refractivity contribution >= 4 is 28.6 Å². The third kappa shape index (κ3) is 7.20. The summed E-state index contributed by atoms with van der Waals surface area (Å²) in [5.74, 6) is 0.492. The van der Waals surface area contributed by atoms with Crippen molar-refractivity contribution in [1.29, 1.82) is 0 Å². The van der Waals surface area contributed by atoms with Crippen LogP contribution in [-0.4, -0.2) is 57.2 Å². The number of carbonyl (C=O) groups excluding carboxylic acids is 1. The number of rotatable bonds is 12. The lowest BCUT2D eigenvalue weighted by molar-refractivity contribution is -0.0156. The van der Waals surface area contributed by atoms with Crippen LogP contribution in [0.3, 0.4) is 0 Å². The van der Waals surface area contributed by atoms with Crippen molar-refractivity contribution < 1.29 is 9.53 Å². The third-order valence-corrected chi connectivity index (χ3v) is 7.04. The maximum atomic E-state index is 12.3. The van der Waals surface area contributed by atoms with Crippen LogP contribution in [0.25, 0.3) is 11.0 Å². The number of nitrogens with two attached hydrogens (primary N) is 1. The van der Waals surface area contributed by atoms with Crippen LogP contribution >= 0.6 is 0 Å². The number of hydrogen-bond acceptors (Lipinski definition) is 6. The molecule has 4 N–H and O–H groups in total. The van der Waals surface area contributed by atoms with E-state index < -0.39 is 0 Å². The summed E-state index contributed by atoms with van der Waals surface area (Å²) in [5, 5.41) is 6.77. The minimum atomic E-state index is -0.164. The van der Waals surface area contributed by atoms with E-state index in [2.05, 4.69) is 63.0 Å². The number of urea groups is 1. The van der Waals surface area contributed by atoms with Crippen molar-refractivity contribution in [1.82, 2.24) is 24.8 Å². The average molecular weight is 508 g/mol. The Morgan fingerprint density at radius 3 is 2.76 bits per heavy atom. The molecule has 0 radical (unpaired) electrons. The van der Waals surface area contributed by atoms with Crippen LogP contribution in [0.15, 0.2) is 42.9 Å². The van der Waals surface area contributed by atoms with E-state index in [0.717, 1.165) is 55.5 Å². The van der Waals surface area contributed by atoms with Gasteiger partial charge in [-0.2, -0.15) is 0 Å². The van der Waals surface area contributed by atoms with Gasteiger partial charge in [0.25, 0.3) is 0 Å². The van der Waals surface area contributed by atoms with E-state index in [0.29, 0.717) is 18.4 Å². The SMILES string of the molecule is CCCCc1ccc(NC(=O)NCCCN(CC2CCC(n3ccc4c(N)ncnc43)O2)C(C)C)cc1. The fraction of sp³-hybridized carbons (Fsp3) is 0.536. The number of fused-ring (bicyclic) bond motifs is 1. The zero-order chi connectivity index (χ0) is 26.2. The molecule has 1 aliphatic rings. The molecule has 1 fully saturated rings. The Morgan fingerprint density at radius 2 is 2.00 bits per heavy atom. The van der Waals surface area contributed by atoms with E-state index in [4.69, 9.17) is 10.5 Å². The first kappa shape index (κ1) is 26.9. The lowest BCUT2D eigenvalue weighted by Gasteiger charge is -2.29. The van der Waals surface area contributed by atoms with Crippen LogP contribution in [0.1, 0.15) is 64.7 Å². The summed E-state index contributed by atoms with van der Waals surface area (Å²) in [6, 6.07) is 10.3. The van der Waals surface area contributed by atoms with Crippen LogP contribution in [-0.2, 0) is 11.2 Å². The molecule has 9 nitrogen and oxygen atoms in total. The number of aryl methyl sites for hydroxylation is 1. The lowest BCUT2D eigenvalue weighted by atomic mass is 10.1. The number of unbranched alkanes of at least 4 members (excludes halogenated alkanes) is 1. The Morgan fingerprint density at radius 1 is 1.19 bits per heavy atom. The van der Waals surface area contributed by atoms with Crippen molar-refractivity contribution in [2.45, 2.75) is 77.7 Å². The summed E-state index contributed by atoms with van der Waals surface area (Å²) in [5.41, 5.74) is 8.93. The van der Waals surface area contributed by atoms with Crippen LogP contribution in [0.4, 0.5) is 16.3 Å². The molecule has 200 valence electrons. The summed E-state index contributed by atoms with van der Waals surface area (Å²) in [7, 11) is 0. The molecule has 9 heteroatoms. The van der Waals surface area contributed by atoms with Crippen LogP contribution in [0.2, 0.25) is 0 Å². The minimum absolute atomic E-state index is 0.0446. The smallest absolute Gasteiger partial charge is 0.319 e. The quantitative estimate of drug-likeness (QED) is 0.299. The third-order valence-electron chi connectivity index (χ3n) is 7.04. The van der Waals surface area contributed by atoms with Gasteiger partial charge in [0, 0.05) is 37.6 Å². The first-order valence-corrected chi connectivity index (χ1v) is 13.5. The van der Waals surface area contributed by atoms with Gasteiger partial charge in [-0.3, -0.25) is 4.90 Å². The predicted octanol–water partition coefficient (Wildman–Crippen LogP) is 4.96. The van der Waals surface area contributed by atoms with Crippen molar-refractivity contribution in [3.63, 3.8) is 0 Å². The number of amides is 2. The molecule has 4 rings (SSSR count). The Bertz CT molecular complexity index is 1150. The molecule has 2 aromatic heterocycles. The Balaban J connectivity index is 1.19. The molecule has 3 aromatic rings. The molecule has 0 aliphatic carbocycles. The lowest BCUT2D eigenvalue weighted by Crippen LogP contribution is -2.39. The molecule has 0 saturated carbocycles. The summed E-state index contributed by atoms with van der Waals surface area (Å²) in [4.78, 5) is 23.2. The number of benzene rings is 1. The molecule has 2 amide bonds. The second-order valence-electron chi connectivity index (χ2n) is 10.1. The predicted molar refractivity (Wildman–Crippen MR) is 148 cm³/mol. The van der Waals surface area contributed by atoms with E-state index in [1.165, 1.54) is 24.7 Å². The molecular formula is C28H41N7O2. The number of nitrogens with zero attached hydrogens (tertiary/aromatic N) is 4. The summed E-state index contributed by atoms with van der Waals surface area (Å²) in [6.07, 6.45) is 9.84. The number of aromatic nitrogens is 3. The Kier molecular flexibility index (Phi) is 9.35. The highest BCUT2D eigenvalue weighted by Crippen LogP contribution is 2.32. The zero-order valence-corrected chi connectivity index (χ0v) is 22.3. The highest BCUT2D eigenvalue weighted by molar-refractivity contribution is 5.89. The summed E-state index contributed by atoms with van der Waals surface area (Å²) >= 11 is 0. The highest BCUT2D eigenvalue weighted by Gasteiger charge is 2.29. The molecule has 2 atom stereocenters. The van der Waals surface area contributed by atoms with Crippen molar-refractivity contribution in [3.05, 3.63) is 48.4 Å². The fourth-order valence-corrected chi connectivity index (χ4v) is 4.87. The van der Waals surface area contributed by atoms with Gasteiger partial charge in [0.1, 0.15) is 24.0 Å². The number of ether oxygens (including phenoxy) is 1. The van der Waals surface area contributed by atoms with Gasteiger partial charge < -0.3 is 25.7 Å². The molecule has 1 aliphatic heterocycles. The number of carbonyl (C=O) groups is 1. The van der Waals surface area contributed by atoms with Crippen LogP contribution in [0.5, 0.6) is 0 Å². The first-order chi connectivity index (χ1) is 17.9. The van der Waals surface area contributed by atoms with Crippen LogP contribution in [0, 0.1) is 0 Å². The minimum Gasteiger partial charge on any atom is -0.383 e. The van der Waals surface area contributed by atoms with Gasteiger partial charge in [0.2, 0.25) is 0 Å². The van der Waals surface area contributed by atoms with E-state index in [1.54, 1.807) is 0 Å². The normalized spacial score (nSPS) is 17.6. The van der Waals surface area contributed by atoms with Gasteiger partial charge in [-0.05, 0) is 69.7 Å². The van der Waals surface area contributed by atoms with E-state index >= 15 is 0 Å². The maximum Gasteiger partial charge on any atom is 0.319 e. The number of hydrogen-bond donors (Lipinski definition) is 3. The maximum absolute atomic E-state index is 12.3. The Labute approximate surface area is 219 Å². The van der Waals surface area contributed by atoms with Crippen molar-refractivity contribution in [2.24, 2.45) is 0 Å². The summed E-state index contributed by atoms with van der Waals surface area (Å²) in [6.45, 7) is 8.98. The monoisotopic (exact) mass is 507 g/mol. The molecule has 0 bridgehead atoms. The van der Waals surface area contributed by atoms with Crippen molar-refractivity contribution in [2.75, 3.05) is 30.7 Å². The average Bonchev–Trinajstić information content (AvgIpc) is 3.53. The second-order valence-corrected chi connectivity index (χ2v) is 10.1. The standard InChI is InChI=1S/C28H41N7O2/c1-4-5-7-21-8-10-22(11-9-21)33-28(36)30-15-6-16-34(20(2)3)18-23-12-13-25(37-23)35-17-14-24-26(29)31-19-32-27(24)35/h8-11,14,17,19-20,23,25H,4-7,12-13,15-16,18H2,1-3H3,(H2,29,31,32)(H2,30,33,36). The second kappa shape index (κ2) is 12.9. The van der Waals surface area contributed by atoms with E-state index in [9.17, 15) is 4.79 Å². The van der Waals surface area contributed by atoms with Gasteiger partial charge in [0.15, 0.2) is 0 Å². The van der Waals surface area contributed by atoms with Gasteiger partial charge >= 0.3 is 6.03 Å². The molecule has 2 unspecified atom stereocenters. The van der Waals surface area contributed by atoms with Gasteiger partial charge in [0.05, 0.1) is 11.5 Å². The molecule has 1 saturated heterocycles. The van der Waals surface area contributed by atoms with Crippen LogP contribution < -0.4 is 16.4 Å². The number of nitrogen functional groups attached to an aromatic ring is 1. The molecule has 0 spiro atoms. The first-order valence-electron chi connectivity index (χ1n) is 13.5. The fourth-order valence-electron chi connectivity index (χ4n) is 4.87. The largest absolute Gasteiger partial charge is 0.383 e. The topological polar surface area (TPSA) is 110 Å². The Hall–Kier alpha value is -3.17. The van der Waals surface area contributed by atoms with Gasteiger partial charge in [-0.25, -0.2) is 14.8 Å². The van der Waals surface area contributed by atoms with Gasteiger partial charge in [-0.15, -0.1) is 0 Å². The molecule has 1 aromatic carbocycles. The number of anilines is 2. The summed E-state index contributed by atoms with van der Waals surface area (Å²) < 4.78 is 8.48. The molecular weight excluding hydrogens is 466 g/mol. The zero-order valence-electron chi connectivity index (χ0n) is 22.3.